The summed E-state index contributed by atoms with van der Waals surface area (Å²) >= 11 is 11.9. The van der Waals surface area contributed by atoms with Gasteiger partial charge in [0.1, 0.15) is 6.04 Å². The lowest BCUT2D eigenvalue weighted by atomic mass is 10.1. The zero-order valence-electron chi connectivity index (χ0n) is 14.5. The lowest BCUT2D eigenvalue weighted by Gasteiger charge is -2.24. The largest absolute Gasteiger partial charge is 0.327 e. The monoisotopic (exact) mass is 390 g/mol. The van der Waals surface area contributed by atoms with Gasteiger partial charge in [0.25, 0.3) is 5.91 Å². The van der Waals surface area contributed by atoms with Gasteiger partial charge < -0.3 is 10.2 Å². The fourth-order valence-corrected chi connectivity index (χ4v) is 3.54. The number of benzene rings is 2. The number of rotatable bonds is 4. The number of anilines is 1. The number of hydrogen-bond acceptors (Lipinski definition) is 2. The Morgan fingerprint density at radius 1 is 1.15 bits per heavy atom. The lowest BCUT2D eigenvalue weighted by molar-refractivity contribution is -0.119. The summed E-state index contributed by atoms with van der Waals surface area (Å²) in [5, 5.41) is 3.71. The van der Waals surface area contributed by atoms with E-state index in [-0.39, 0.29) is 11.8 Å². The van der Waals surface area contributed by atoms with Crippen LogP contribution in [0.3, 0.4) is 0 Å². The van der Waals surface area contributed by atoms with Crippen LogP contribution in [-0.2, 0) is 11.2 Å². The number of likely N-dealkylation sites (tertiary alicyclic amines) is 1. The third-order valence-electron chi connectivity index (χ3n) is 4.64. The van der Waals surface area contributed by atoms with E-state index < -0.39 is 6.04 Å². The number of hydrogen-bond donors (Lipinski definition) is 1. The van der Waals surface area contributed by atoms with Crippen LogP contribution in [0, 0.1) is 0 Å². The first kappa shape index (κ1) is 18.7. The molecule has 6 heteroatoms. The topological polar surface area (TPSA) is 49.4 Å². The van der Waals surface area contributed by atoms with Crippen molar-refractivity contribution in [1.29, 1.82) is 0 Å². The second kappa shape index (κ2) is 8.11. The third-order valence-corrected chi connectivity index (χ3v) is 5.38. The first-order valence-corrected chi connectivity index (χ1v) is 9.41. The molecule has 1 atom stereocenters. The SMILES string of the molecule is CCc1ccccc1NC(=O)C1CCCN1C(=O)c1ccc(Cl)c(Cl)c1. The summed E-state index contributed by atoms with van der Waals surface area (Å²) in [6.07, 6.45) is 2.26. The van der Waals surface area contributed by atoms with Gasteiger partial charge in [-0.25, -0.2) is 0 Å². The van der Waals surface area contributed by atoms with Crippen molar-refractivity contribution < 1.29 is 9.59 Å². The molecule has 0 aliphatic carbocycles. The van der Waals surface area contributed by atoms with E-state index in [2.05, 4.69) is 5.32 Å². The van der Waals surface area contributed by atoms with E-state index in [4.69, 9.17) is 23.2 Å². The molecule has 1 aliphatic rings. The van der Waals surface area contributed by atoms with Gasteiger partial charge in [0.05, 0.1) is 10.0 Å². The molecule has 0 bridgehead atoms. The van der Waals surface area contributed by atoms with Gasteiger partial charge in [0, 0.05) is 17.8 Å². The Balaban J connectivity index is 1.77. The molecule has 0 aromatic heterocycles. The lowest BCUT2D eigenvalue weighted by Crippen LogP contribution is -2.43. The summed E-state index contributed by atoms with van der Waals surface area (Å²) in [5.74, 6) is -0.359. The number of nitrogens with one attached hydrogen (secondary N) is 1. The zero-order chi connectivity index (χ0) is 18.7. The standard InChI is InChI=1S/C20H20Cl2N2O2/c1-2-13-6-3-4-7-17(13)23-19(25)18-8-5-11-24(18)20(26)14-9-10-15(21)16(22)12-14/h3-4,6-7,9-10,12,18H,2,5,8,11H2,1H3,(H,23,25). The van der Waals surface area contributed by atoms with Crippen molar-refractivity contribution in [3.8, 4) is 0 Å². The van der Waals surface area contributed by atoms with E-state index in [1.165, 1.54) is 0 Å². The van der Waals surface area contributed by atoms with Crippen LogP contribution >= 0.6 is 23.2 Å². The molecule has 1 unspecified atom stereocenters. The average Bonchev–Trinajstić information content (AvgIpc) is 3.13. The van der Waals surface area contributed by atoms with Crippen LogP contribution in [0.5, 0.6) is 0 Å². The minimum atomic E-state index is -0.484. The molecule has 136 valence electrons. The summed E-state index contributed by atoms with van der Waals surface area (Å²) in [4.78, 5) is 27.3. The number of halogens is 2. The van der Waals surface area contributed by atoms with Gasteiger partial charge in [-0.2, -0.15) is 0 Å². The van der Waals surface area contributed by atoms with E-state index in [0.29, 0.717) is 28.6 Å². The van der Waals surface area contributed by atoms with Gasteiger partial charge in [-0.15, -0.1) is 0 Å². The van der Waals surface area contributed by atoms with Crippen molar-refractivity contribution in [2.75, 3.05) is 11.9 Å². The highest BCUT2D eigenvalue weighted by Crippen LogP contribution is 2.26. The van der Waals surface area contributed by atoms with Crippen molar-refractivity contribution in [3.63, 3.8) is 0 Å². The second-order valence-corrected chi connectivity index (χ2v) is 7.10. The minimum absolute atomic E-state index is 0.156. The van der Waals surface area contributed by atoms with Crippen LogP contribution in [-0.4, -0.2) is 29.3 Å². The van der Waals surface area contributed by atoms with E-state index in [9.17, 15) is 9.59 Å². The number of para-hydroxylation sites is 1. The van der Waals surface area contributed by atoms with E-state index in [1.807, 2.05) is 31.2 Å². The predicted molar refractivity (Wildman–Crippen MR) is 105 cm³/mol. The maximum Gasteiger partial charge on any atom is 0.254 e. The maximum atomic E-state index is 12.8. The van der Waals surface area contributed by atoms with E-state index in [0.717, 1.165) is 24.1 Å². The summed E-state index contributed by atoms with van der Waals surface area (Å²) in [5.41, 5.74) is 2.31. The van der Waals surface area contributed by atoms with Crippen LogP contribution in [0.4, 0.5) is 5.69 Å². The van der Waals surface area contributed by atoms with Gasteiger partial charge in [0.2, 0.25) is 5.91 Å². The van der Waals surface area contributed by atoms with Crippen LogP contribution < -0.4 is 5.32 Å². The smallest absolute Gasteiger partial charge is 0.254 e. The number of carbonyl (C=O) groups excluding carboxylic acids is 2. The highest BCUT2D eigenvalue weighted by Gasteiger charge is 2.34. The molecule has 1 saturated heterocycles. The summed E-state index contributed by atoms with van der Waals surface area (Å²) in [7, 11) is 0. The Morgan fingerprint density at radius 3 is 2.65 bits per heavy atom. The van der Waals surface area contributed by atoms with E-state index >= 15 is 0 Å². The first-order valence-electron chi connectivity index (χ1n) is 8.66. The molecule has 2 aromatic rings. The number of amides is 2. The highest BCUT2D eigenvalue weighted by atomic mass is 35.5. The average molecular weight is 391 g/mol. The van der Waals surface area contributed by atoms with Crippen molar-refractivity contribution >= 4 is 40.7 Å². The molecular formula is C20H20Cl2N2O2. The molecule has 2 amide bonds. The van der Waals surface area contributed by atoms with Crippen molar-refractivity contribution in [1.82, 2.24) is 4.90 Å². The fourth-order valence-electron chi connectivity index (χ4n) is 3.24. The van der Waals surface area contributed by atoms with Crippen molar-refractivity contribution in [2.24, 2.45) is 0 Å². The molecule has 26 heavy (non-hydrogen) atoms. The maximum absolute atomic E-state index is 12.8. The predicted octanol–water partition coefficient (Wildman–Crippen LogP) is 4.80. The van der Waals surface area contributed by atoms with Crippen LogP contribution in [0.15, 0.2) is 42.5 Å². The molecule has 1 heterocycles. The Bertz CT molecular complexity index is 838. The quantitative estimate of drug-likeness (QED) is 0.814. The van der Waals surface area contributed by atoms with Crippen LogP contribution in [0.1, 0.15) is 35.7 Å². The number of aryl methyl sites for hydroxylation is 1. The molecular weight excluding hydrogens is 371 g/mol. The Kier molecular flexibility index (Phi) is 5.84. The summed E-state index contributed by atoms with van der Waals surface area (Å²) < 4.78 is 0. The summed E-state index contributed by atoms with van der Waals surface area (Å²) in [6, 6.07) is 12.0. The van der Waals surface area contributed by atoms with Gasteiger partial charge in [0.15, 0.2) is 0 Å². The van der Waals surface area contributed by atoms with Gasteiger partial charge in [-0.3, -0.25) is 9.59 Å². The van der Waals surface area contributed by atoms with Crippen LogP contribution in [0.2, 0.25) is 10.0 Å². The Hall–Kier alpha value is -2.04. The molecule has 1 fully saturated rings. The molecule has 0 spiro atoms. The zero-order valence-corrected chi connectivity index (χ0v) is 16.0. The van der Waals surface area contributed by atoms with Gasteiger partial charge >= 0.3 is 0 Å². The highest BCUT2D eigenvalue weighted by molar-refractivity contribution is 6.42. The number of nitrogens with zero attached hydrogens (tertiary/aromatic N) is 1. The minimum Gasteiger partial charge on any atom is -0.327 e. The second-order valence-electron chi connectivity index (χ2n) is 6.29. The summed E-state index contributed by atoms with van der Waals surface area (Å²) in [6.45, 7) is 2.59. The van der Waals surface area contributed by atoms with E-state index in [1.54, 1.807) is 23.1 Å². The third kappa shape index (κ3) is 3.87. The number of carbonyl (C=O) groups is 2. The fraction of sp³-hybridized carbons (Fsp3) is 0.300. The molecule has 4 nitrogen and oxygen atoms in total. The molecule has 0 saturated carbocycles. The van der Waals surface area contributed by atoms with Crippen molar-refractivity contribution in [3.05, 3.63) is 63.6 Å². The van der Waals surface area contributed by atoms with Crippen molar-refractivity contribution in [2.45, 2.75) is 32.2 Å². The van der Waals surface area contributed by atoms with Gasteiger partial charge in [-0.05, 0) is 49.1 Å². The molecule has 1 N–H and O–H groups in total. The molecule has 3 rings (SSSR count). The van der Waals surface area contributed by atoms with Crippen LogP contribution in [0.25, 0.3) is 0 Å². The molecule has 0 radical (unpaired) electrons. The van der Waals surface area contributed by atoms with Gasteiger partial charge in [-0.1, -0.05) is 48.3 Å². The molecule has 2 aromatic carbocycles. The molecule has 1 aliphatic heterocycles. The Labute approximate surface area is 163 Å². The Morgan fingerprint density at radius 2 is 1.92 bits per heavy atom. The normalized spacial score (nSPS) is 16.6. The first-order chi connectivity index (χ1) is 12.5.